The number of hydrogen-bond donors (Lipinski definition) is 1. The summed E-state index contributed by atoms with van der Waals surface area (Å²) in [5, 5.41) is 12.0. The van der Waals surface area contributed by atoms with Crippen molar-refractivity contribution in [2.24, 2.45) is 0 Å². The van der Waals surface area contributed by atoms with Gasteiger partial charge in [-0.3, -0.25) is 0 Å². The zero-order valence-corrected chi connectivity index (χ0v) is 13.8. The van der Waals surface area contributed by atoms with Crippen molar-refractivity contribution in [2.75, 3.05) is 19.6 Å². The van der Waals surface area contributed by atoms with Crippen molar-refractivity contribution in [1.82, 2.24) is 4.90 Å². The van der Waals surface area contributed by atoms with Crippen molar-refractivity contribution in [3.63, 3.8) is 0 Å². The Hall–Kier alpha value is -0.280. The minimum Gasteiger partial charge on any atom is -0.391 e. The molecule has 4 heteroatoms. The third kappa shape index (κ3) is 3.10. The van der Waals surface area contributed by atoms with Crippen molar-refractivity contribution in [2.45, 2.75) is 50.0 Å². The van der Waals surface area contributed by atoms with E-state index >= 15 is 0 Å². The first-order chi connectivity index (χ1) is 10.1. The number of hydrogen-bond acceptors (Lipinski definition) is 2. The van der Waals surface area contributed by atoms with E-state index in [0.717, 1.165) is 38.0 Å². The molecular weight excluding hydrogens is 305 g/mol. The molecule has 0 unspecified atom stereocenters. The molecule has 0 aromatic heterocycles. The fourth-order valence-corrected chi connectivity index (χ4v) is 4.04. The number of halogens is 2. The van der Waals surface area contributed by atoms with E-state index in [1.807, 2.05) is 18.2 Å². The summed E-state index contributed by atoms with van der Waals surface area (Å²) in [6, 6.07) is 5.84. The van der Waals surface area contributed by atoms with Crippen LogP contribution in [0.3, 0.4) is 0 Å². The van der Waals surface area contributed by atoms with Gasteiger partial charge in [-0.15, -0.1) is 0 Å². The molecule has 116 valence electrons. The molecule has 1 heterocycles. The summed E-state index contributed by atoms with van der Waals surface area (Å²) in [5.41, 5.74) is 1.03. The van der Waals surface area contributed by atoms with Gasteiger partial charge in [0.05, 0.1) is 16.1 Å². The van der Waals surface area contributed by atoms with E-state index in [-0.39, 0.29) is 11.5 Å². The highest BCUT2D eigenvalue weighted by Gasteiger charge is 2.45. The lowest BCUT2D eigenvalue weighted by atomic mass is 9.61. The van der Waals surface area contributed by atoms with E-state index in [0.29, 0.717) is 10.0 Å². The van der Waals surface area contributed by atoms with Gasteiger partial charge in [0.1, 0.15) is 0 Å². The molecule has 1 aromatic carbocycles. The first-order valence-electron chi connectivity index (χ1n) is 7.98. The maximum atomic E-state index is 10.9. The number of rotatable bonds is 4. The second-order valence-corrected chi connectivity index (χ2v) is 7.33. The SMILES string of the molecule is O[C@H](CN1CCCCC1)C1(c2ccc(Cl)c(Cl)c2)CCC1. The van der Waals surface area contributed by atoms with E-state index in [1.54, 1.807) is 0 Å². The number of nitrogens with zero attached hydrogens (tertiary/aromatic N) is 1. The van der Waals surface area contributed by atoms with Gasteiger partial charge in [-0.1, -0.05) is 42.1 Å². The van der Waals surface area contributed by atoms with E-state index in [9.17, 15) is 5.11 Å². The van der Waals surface area contributed by atoms with Crippen LogP contribution in [0.2, 0.25) is 10.0 Å². The number of aliphatic hydroxyl groups is 1. The van der Waals surface area contributed by atoms with Crippen LogP contribution < -0.4 is 0 Å². The van der Waals surface area contributed by atoms with E-state index in [2.05, 4.69) is 4.90 Å². The minimum absolute atomic E-state index is 0.119. The Morgan fingerprint density at radius 2 is 1.76 bits per heavy atom. The molecule has 1 atom stereocenters. The van der Waals surface area contributed by atoms with Crippen LogP contribution in [0.4, 0.5) is 0 Å². The molecule has 1 N–H and O–H groups in total. The number of β-amino-alcohol motifs (C(OH)–C–C–N with tert-alkyl or cyclic N) is 1. The zero-order chi connectivity index (χ0) is 14.9. The van der Waals surface area contributed by atoms with Crippen molar-refractivity contribution < 1.29 is 5.11 Å². The first-order valence-corrected chi connectivity index (χ1v) is 8.73. The number of benzene rings is 1. The fourth-order valence-electron chi connectivity index (χ4n) is 3.74. The van der Waals surface area contributed by atoms with Crippen LogP contribution in [-0.2, 0) is 5.41 Å². The van der Waals surface area contributed by atoms with Crippen molar-refractivity contribution in [3.05, 3.63) is 33.8 Å². The average Bonchev–Trinajstić information content (AvgIpc) is 2.42. The Kier molecular flexibility index (Phi) is 4.80. The van der Waals surface area contributed by atoms with Crippen LogP contribution in [0.15, 0.2) is 18.2 Å². The van der Waals surface area contributed by atoms with Gasteiger partial charge in [0.2, 0.25) is 0 Å². The highest BCUT2D eigenvalue weighted by Crippen LogP contribution is 2.47. The van der Waals surface area contributed by atoms with Crippen LogP contribution in [-0.4, -0.2) is 35.7 Å². The molecule has 0 spiro atoms. The van der Waals surface area contributed by atoms with Crippen LogP contribution in [0.25, 0.3) is 0 Å². The van der Waals surface area contributed by atoms with Gasteiger partial charge in [-0.25, -0.2) is 0 Å². The molecule has 1 saturated carbocycles. The monoisotopic (exact) mass is 327 g/mol. The lowest BCUT2D eigenvalue weighted by molar-refractivity contribution is -0.00125. The maximum absolute atomic E-state index is 10.9. The largest absolute Gasteiger partial charge is 0.391 e. The van der Waals surface area contributed by atoms with Crippen molar-refractivity contribution in [1.29, 1.82) is 0 Å². The summed E-state index contributed by atoms with van der Waals surface area (Å²) in [5.74, 6) is 0. The Labute approximate surface area is 137 Å². The Morgan fingerprint density at radius 1 is 1.05 bits per heavy atom. The summed E-state index contributed by atoms with van der Waals surface area (Å²) < 4.78 is 0. The predicted molar refractivity (Wildman–Crippen MR) is 88.3 cm³/mol. The molecule has 2 fully saturated rings. The summed E-state index contributed by atoms with van der Waals surface area (Å²) in [6.45, 7) is 3.02. The molecule has 21 heavy (non-hydrogen) atoms. The van der Waals surface area contributed by atoms with Gasteiger partial charge in [-0.05, 0) is 56.5 Å². The molecule has 1 saturated heterocycles. The van der Waals surface area contributed by atoms with Crippen LogP contribution in [0.5, 0.6) is 0 Å². The van der Waals surface area contributed by atoms with Gasteiger partial charge in [0, 0.05) is 12.0 Å². The molecule has 2 nitrogen and oxygen atoms in total. The molecule has 3 rings (SSSR count). The van der Waals surface area contributed by atoms with Gasteiger partial charge < -0.3 is 10.0 Å². The van der Waals surface area contributed by atoms with E-state index in [1.165, 1.54) is 25.7 Å². The average molecular weight is 328 g/mol. The molecule has 0 radical (unpaired) electrons. The van der Waals surface area contributed by atoms with Gasteiger partial charge in [-0.2, -0.15) is 0 Å². The Bertz CT molecular complexity index is 496. The molecule has 2 aliphatic rings. The third-order valence-corrected chi connectivity index (χ3v) is 6.00. The predicted octanol–water partition coefficient (Wildman–Crippen LogP) is 4.26. The van der Waals surface area contributed by atoms with Gasteiger partial charge in [0.15, 0.2) is 0 Å². The lowest BCUT2D eigenvalue weighted by Crippen LogP contribution is -2.51. The van der Waals surface area contributed by atoms with Gasteiger partial charge >= 0.3 is 0 Å². The number of likely N-dealkylation sites (tertiary alicyclic amines) is 1. The molecule has 0 bridgehead atoms. The summed E-state index contributed by atoms with van der Waals surface area (Å²) in [4.78, 5) is 2.41. The Balaban J connectivity index is 1.76. The molecule has 0 amide bonds. The van der Waals surface area contributed by atoms with Crippen molar-refractivity contribution >= 4 is 23.2 Å². The van der Waals surface area contributed by atoms with Crippen molar-refractivity contribution in [3.8, 4) is 0 Å². The van der Waals surface area contributed by atoms with E-state index < -0.39 is 0 Å². The zero-order valence-electron chi connectivity index (χ0n) is 12.3. The van der Waals surface area contributed by atoms with E-state index in [4.69, 9.17) is 23.2 Å². The molecule has 1 aliphatic heterocycles. The molecule has 1 aromatic rings. The smallest absolute Gasteiger partial charge is 0.0763 e. The van der Waals surface area contributed by atoms with Crippen LogP contribution >= 0.6 is 23.2 Å². The third-order valence-electron chi connectivity index (χ3n) is 5.26. The minimum atomic E-state index is -0.318. The fraction of sp³-hybridized carbons (Fsp3) is 0.647. The van der Waals surface area contributed by atoms with Gasteiger partial charge in [0.25, 0.3) is 0 Å². The normalized spacial score (nSPS) is 23.6. The Morgan fingerprint density at radius 3 is 2.33 bits per heavy atom. The second kappa shape index (κ2) is 6.45. The van der Waals surface area contributed by atoms with Crippen LogP contribution in [0, 0.1) is 0 Å². The number of aliphatic hydroxyl groups excluding tert-OH is 1. The topological polar surface area (TPSA) is 23.5 Å². The van der Waals surface area contributed by atoms with Crippen LogP contribution in [0.1, 0.15) is 44.1 Å². The lowest BCUT2D eigenvalue weighted by Gasteiger charge is -2.47. The highest BCUT2D eigenvalue weighted by molar-refractivity contribution is 6.42. The molecular formula is C17H23Cl2NO. The quantitative estimate of drug-likeness (QED) is 0.893. The molecule has 1 aliphatic carbocycles. The first kappa shape index (κ1) is 15.6. The summed E-state index contributed by atoms with van der Waals surface area (Å²) >= 11 is 12.2. The standard InChI is InChI=1S/C17H23Cl2NO/c18-14-6-5-13(11-15(14)19)17(7-4-8-17)16(21)12-20-9-2-1-3-10-20/h5-6,11,16,21H,1-4,7-10,12H2/t16-/m1/s1. The second-order valence-electron chi connectivity index (χ2n) is 6.52. The highest BCUT2D eigenvalue weighted by atomic mass is 35.5. The summed E-state index contributed by atoms with van der Waals surface area (Å²) in [6.07, 6.45) is 6.78. The maximum Gasteiger partial charge on any atom is 0.0763 e. The number of piperidine rings is 1. The summed E-state index contributed by atoms with van der Waals surface area (Å²) in [7, 11) is 0.